The number of carbonyl (C=O) groups excluding carboxylic acids is 2. The number of nitrogens with zero attached hydrogens (tertiary/aromatic N) is 4. The van der Waals surface area contributed by atoms with E-state index >= 15 is 0 Å². The molecule has 3 aromatic rings. The lowest BCUT2D eigenvalue weighted by Gasteiger charge is -2.35. The number of tetrazole rings is 1. The molecule has 0 aliphatic heterocycles. The third kappa shape index (κ3) is 5.05. The van der Waals surface area contributed by atoms with E-state index in [-0.39, 0.29) is 65.7 Å². The van der Waals surface area contributed by atoms with Crippen LogP contribution in [0.1, 0.15) is 65.1 Å². The molecule has 0 atom stereocenters. The summed E-state index contributed by atoms with van der Waals surface area (Å²) in [7, 11) is 0. The van der Waals surface area contributed by atoms with Gasteiger partial charge in [0.25, 0.3) is 0 Å². The van der Waals surface area contributed by atoms with E-state index in [4.69, 9.17) is 4.42 Å². The zero-order chi connectivity index (χ0) is 27.2. The lowest BCUT2D eigenvalue weighted by molar-refractivity contribution is -0.119. The summed E-state index contributed by atoms with van der Waals surface area (Å²) in [6, 6.07) is 12.8. The number of benzene rings is 1. The van der Waals surface area contributed by atoms with Crippen molar-refractivity contribution in [2.24, 2.45) is 10.8 Å². The first-order chi connectivity index (χ1) is 17.9. The maximum Gasteiger partial charge on any atom is 0.221 e. The maximum atomic E-state index is 13.4. The first-order valence-corrected chi connectivity index (χ1v) is 13.3. The van der Waals surface area contributed by atoms with Crippen LogP contribution in [-0.2, 0) is 9.59 Å². The van der Waals surface area contributed by atoms with E-state index in [1.807, 2.05) is 58.0 Å². The summed E-state index contributed by atoms with van der Waals surface area (Å²) in [5.41, 5.74) is 0.171. The minimum absolute atomic E-state index is 0.0761. The number of rotatable bonds is 6. The Morgan fingerprint density at radius 2 is 1.45 bits per heavy atom. The van der Waals surface area contributed by atoms with E-state index < -0.39 is 16.7 Å². The second-order valence-electron chi connectivity index (χ2n) is 11.5. The third-order valence-electron chi connectivity index (χ3n) is 6.89. The van der Waals surface area contributed by atoms with Crippen LogP contribution in [0.4, 0.5) is 0 Å². The fraction of sp³-hybridized carbons (Fsp3) is 0.393. The maximum absolute atomic E-state index is 13.4. The number of hydrogen-bond donors (Lipinski definition) is 2. The van der Waals surface area contributed by atoms with Crippen LogP contribution in [0.3, 0.4) is 0 Å². The second kappa shape index (κ2) is 9.58. The molecule has 2 aliphatic rings. The first kappa shape index (κ1) is 26.0. The summed E-state index contributed by atoms with van der Waals surface area (Å²) in [6.07, 6.45) is 0.995. The highest BCUT2D eigenvalue weighted by atomic mass is 32.2. The molecule has 0 saturated carbocycles. The zero-order valence-electron chi connectivity index (χ0n) is 21.8. The van der Waals surface area contributed by atoms with Crippen LogP contribution in [-0.4, -0.2) is 42.0 Å². The molecule has 0 bridgehead atoms. The molecule has 2 N–H and O–H groups in total. The molecule has 2 aromatic heterocycles. The lowest BCUT2D eigenvalue weighted by Crippen LogP contribution is -2.33. The van der Waals surface area contributed by atoms with Crippen molar-refractivity contribution in [3.63, 3.8) is 0 Å². The van der Waals surface area contributed by atoms with Gasteiger partial charge in [0.2, 0.25) is 5.16 Å². The van der Waals surface area contributed by atoms with Gasteiger partial charge >= 0.3 is 0 Å². The summed E-state index contributed by atoms with van der Waals surface area (Å²) in [4.78, 5) is 26.7. The minimum atomic E-state index is -1.01. The lowest BCUT2D eigenvalue weighted by atomic mass is 9.68. The van der Waals surface area contributed by atoms with Crippen LogP contribution >= 0.6 is 11.8 Å². The quantitative estimate of drug-likeness (QED) is 0.397. The summed E-state index contributed by atoms with van der Waals surface area (Å²) in [5.74, 6) is -1.40. The number of aliphatic hydroxyl groups excluding tert-OH is 2. The molecule has 0 unspecified atom stereocenters. The van der Waals surface area contributed by atoms with Crippen LogP contribution < -0.4 is 0 Å². The molecule has 5 rings (SSSR count). The largest absolute Gasteiger partial charge is 0.512 e. The van der Waals surface area contributed by atoms with Crippen LogP contribution in [0.25, 0.3) is 5.69 Å². The Morgan fingerprint density at radius 3 is 2.00 bits per heavy atom. The van der Waals surface area contributed by atoms with Crippen LogP contribution in [0.5, 0.6) is 0 Å². The molecule has 1 aromatic carbocycles. The summed E-state index contributed by atoms with van der Waals surface area (Å²) < 4.78 is 7.75. The average molecular weight is 535 g/mol. The monoisotopic (exact) mass is 534 g/mol. The van der Waals surface area contributed by atoms with Gasteiger partial charge in [0, 0.05) is 36.8 Å². The summed E-state index contributed by atoms with van der Waals surface area (Å²) >= 11 is 1.18. The normalized spacial score (nSPS) is 19.5. The standard InChI is InChI=1S/C28H30N4O5S/c1-27(2)12-17(33)23(18(34)13-27)25(24-19(35)14-28(3,4)15-20(24)36)21-10-11-22(37-21)38-26-29-30-31-32(26)16-8-6-5-7-9-16/h5-11,25,33,35H,12-15H2,1-4H3. The first-order valence-electron chi connectivity index (χ1n) is 12.5. The van der Waals surface area contributed by atoms with E-state index in [0.717, 1.165) is 5.69 Å². The predicted octanol–water partition coefficient (Wildman–Crippen LogP) is 5.89. The Labute approximate surface area is 224 Å². The van der Waals surface area contributed by atoms with Gasteiger partial charge in [-0.25, -0.2) is 0 Å². The Morgan fingerprint density at radius 1 is 0.868 bits per heavy atom. The highest BCUT2D eigenvalue weighted by molar-refractivity contribution is 7.99. The molecule has 0 spiro atoms. The molecule has 0 fully saturated rings. The number of Topliss-reactive ketones (excluding diaryl/α,β-unsaturated/α-hetero) is 2. The van der Waals surface area contributed by atoms with Crippen LogP contribution in [0.15, 0.2) is 79.8 Å². The molecular weight excluding hydrogens is 504 g/mol. The molecule has 9 nitrogen and oxygen atoms in total. The Bertz CT molecular complexity index is 1410. The number of aromatic nitrogens is 4. The molecule has 0 amide bonds. The second-order valence-corrected chi connectivity index (χ2v) is 12.5. The predicted molar refractivity (Wildman–Crippen MR) is 140 cm³/mol. The number of para-hydroxylation sites is 1. The van der Waals surface area contributed by atoms with Gasteiger partial charge in [0.1, 0.15) is 17.3 Å². The number of furan rings is 1. The van der Waals surface area contributed by atoms with Gasteiger partial charge in [0.15, 0.2) is 16.7 Å². The molecule has 2 aliphatic carbocycles. The number of hydrogen-bond acceptors (Lipinski definition) is 9. The van der Waals surface area contributed by atoms with Crippen molar-refractivity contribution < 1.29 is 24.2 Å². The molecule has 0 radical (unpaired) electrons. The van der Waals surface area contributed by atoms with E-state index in [2.05, 4.69) is 15.5 Å². The fourth-order valence-corrected chi connectivity index (χ4v) is 6.06. The van der Waals surface area contributed by atoms with Crippen molar-refractivity contribution in [1.29, 1.82) is 0 Å². The van der Waals surface area contributed by atoms with E-state index in [9.17, 15) is 19.8 Å². The molecule has 198 valence electrons. The van der Waals surface area contributed by atoms with E-state index in [1.54, 1.807) is 16.8 Å². The Kier molecular flexibility index (Phi) is 6.54. The van der Waals surface area contributed by atoms with Crippen molar-refractivity contribution in [1.82, 2.24) is 20.2 Å². The van der Waals surface area contributed by atoms with Gasteiger partial charge in [-0.3, -0.25) is 9.59 Å². The van der Waals surface area contributed by atoms with Crippen molar-refractivity contribution in [3.8, 4) is 5.69 Å². The van der Waals surface area contributed by atoms with Gasteiger partial charge in [0.05, 0.1) is 11.6 Å². The van der Waals surface area contributed by atoms with Gasteiger partial charge in [-0.15, -0.1) is 5.10 Å². The SMILES string of the molecule is CC1(C)CC(=O)C(C(C2=C(O)CC(C)(C)CC2=O)c2ccc(Sc3nnnn3-c3ccccc3)o2)=C(O)C1. The highest BCUT2D eigenvalue weighted by Gasteiger charge is 2.44. The average Bonchev–Trinajstić information content (AvgIpc) is 3.46. The number of allylic oxidation sites excluding steroid dienone is 4. The number of carbonyl (C=O) groups is 2. The Balaban J connectivity index is 1.56. The molecular formula is C28H30N4O5S. The molecule has 38 heavy (non-hydrogen) atoms. The number of aliphatic hydroxyl groups is 2. The topological polar surface area (TPSA) is 131 Å². The smallest absolute Gasteiger partial charge is 0.221 e. The van der Waals surface area contributed by atoms with Crippen LogP contribution in [0.2, 0.25) is 0 Å². The highest BCUT2D eigenvalue weighted by Crippen LogP contribution is 2.48. The fourth-order valence-electron chi connectivity index (χ4n) is 5.30. The van der Waals surface area contributed by atoms with Crippen LogP contribution in [0, 0.1) is 10.8 Å². The summed E-state index contributed by atoms with van der Waals surface area (Å²) in [5, 5.41) is 34.9. The van der Waals surface area contributed by atoms with E-state index in [1.165, 1.54) is 11.8 Å². The van der Waals surface area contributed by atoms with Gasteiger partial charge in [-0.05, 0) is 57.3 Å². The van der Waals surface area contributed by atoms with Gasteiger partial charge in [-0.2, -0.15) is 4.68 Å². The number of ketones is 2. The van der Waals surface area contributed by atoms with Crippen molar-refractivity contribution in [3.05, 3.63) is 70.9 Å². The molecule has 0 saturated heterocycles. The van der Waals surface area contributed by atoms with Gasteiger partial charge in [-0.1, -0.05) is 45.9 Å². The summed E-state index contributed by atoms with van der Waals surface area (Å²) in [6.45, 7) is 7.65. The van der Waals surface area contributed by atoms with Crippen molar-refractivity contribution in [2.45, 2.75) is 69.5 Å². The van der Waals surface area contributed by atoms with Crippen molar-refractivity contribution in [2.75, 3.05) is 0 Å². The Hall–Kier alpha value is -3.66. The van der Waals surface area contributed by atoms with Crippen molar-refractivity contribution >= 4 is 23.3 Å². The van der Waals surface area contributed by atoms with Gasteiger partial charge < -0.3 is 14.6 Å². The minimum Gasteiger partial charge on any atom is -0.512 e. The third-order valence-corrected chi connectivity index (χ3v) is 7.75. The molecule has 2 heterocycles. The molecule has 10 heteroatoms. The zero-order valence-corrected chi connectivity index (χ0v) is 22.6. The van der Waals surface area contributed by atoms with E-state index in [0.29, 0.717) is 10.2 Å².